The van der Waals surface area contributed by atoms with Gasteiger partial charge in [-0.2, -0.15) is 0 Å². The van der Waals surface area contributed by atoms with Crippen LogP contribution in [0.5, 0.6) is 0 Å². The van der Waals surface area contributed by atoms with Gasteiger partial charge in [0.25, 0.3) is 5.91 Å². The van der Waals surface area contributed by atoms with E-state index in [1.807, 2.05) is 23.5 Å². The van der Waals surface area contributed by atoms with Crippen LogP contribution in [0.25, 0.3) is 0 Å². The van der Waals surface area contributed by atoms with E-state index in [2.05, 4.69) is 14.5 Å². The highest BCUT2D eigenvalue weighted by Crippen LogP contribution is 2.24. The van der Waals surface area contributed by atoms with Gasteiger partial charge in [0, 0.05) is 50.7 Å². The Morgan fingerprint density at radius 2 is 2.16 bits per heavy atom. The number of hydrogen-bond acceptors (Lipinski definition) is 5. The Bertz CT molecular complexity index is 691. The second-order valence-electron chi connectivity index (χ2n) is 6.72. The predicted molar refractivity (Wildman–Crippen MR) is 91.2 cm³/mol. The van der Waals surface area contributed by atoms with Crippen molar-refractivity contribution in [2.45, 2.75) is 25.4 Å². The summed E-state index contributed by atoms with van der Waals surface area (Å²) in [6.07, 6.45) is 9.27. The molecule has 0 radical (unpaired) electrons. The molecule has 0 spiro atoms. The Hall–Kier alpha value is -2.12. The maximum absolute atomic E-state index is 13.0. The van der Waals surface area contributed by atoms with E-state index in [4.69, 9.17) is 9.15 Å². The summed E-state index contributed by atoms with van der Waals surface area (Å²) >= 11 is 0. The smallest absolute Gasteiger partial charge is 0.289 e. The van der Waals surface area contributed by atoms with Gasteiger partial charge < -0.3 is 18.6 Å². The van der Waals surface area contributed by atoms with E-state index < -0.39 is 0 Å². The van der Waals surface area contributed by atoms with E-state index in [1.54, 1.807) is 12.5 Å². The Morgan fingerprint density at radius 3 is 2.96 bits per heavy atom. The predicted octanol–water partition coefficient (Wildman–Crippen LogP) is 1.79. The maximum Gasteiger partial charge on any atom is 0.289 e. The number of aromatic nitrogens is 2. The van der Waals surface area contributed by atoms with Crippen molar-refractivity contribution in [3.63, 3.8) is 0 Å². The third-order valence-electron chi connectivity index (χ3n) is 5.07. The normalized spacial score (nSPS) is 22.2. The Labute approximate surface area is 147 Å². The molecule has 2 saturated heterocycles. The fourth-order valence-corrected chi connectivity index (χ4v) is 3.66. The van der Waals surface area contributed by atoms with Crippen LogP contribution >= 0.6 is 0 Å². The van der Waals surface area contributed by atoms with Crippen molar-refractivity contribution in [2.75, 3.05) is 39.4 Å². The highest BCUT2D eigenvalue weighted by atomic mass is 16.5. The van der Waals surface area contributed by atoms with Crippen LogP contribution < -0.4 is 0 Å². The summed E-state index contributed by atoms with van der Waals surface area (Å²) in [7, 11) is 0. The van der Waals surface area contributed by atoms with E-state index >= 15 is 0 Å². The van der Waals surface area contributed by atoms with Gasteiger partial charge in [-0.3, -0.25) is 9.69 Å². The average molecular weight is 344 g/mol. The zero-order chi connectivity index (χ0) is 17.1. The molecule has 1 amide bonds. The van der Waals surface area contributed by atoms with Gasteiger partial charge in [-0.1, -0.05) is 0 Å². The molecule has 0 aromatic carbocycles. The molecule has 25 heavy (non-hydrogen) atoms. The number of piperidine rings is 1. The average Bonchev–Trinajstić information content (AvgIpc) is 3.34. The number of rotatable bonds is 4. The molecule has 0 bridgehead atoms. The lowest BCUT2D eigenvalue weighted by atomic mass is 10.0. The molecule has 0 N–H and O–H groups in total. The van der Waals surface area contributed by atoms with Crippen molar-refractivity contribution in [1.29, 1.82) is 0 Å². The molecule has 0 aliphatic carbocycles. The molecule has 4 heterocycles. The summed E-state index contributed by atoms with van der Waals surface area (Å²) in [5.41, 5.74) is 0.969. The molecule has 134 valence electrons. The summed E-state index contributed by atoms with van der Waals surface area (Å²) in [5.74, 6) is 0.482. The minimum Gasteiger partial charge on any atom is -0.459 e. The molecule has 2 aromatic rings. The minimum atomic E-state index is -0.00178. The number of hydrogen-bond donors (Lipinski definition) is 0. The number of morpholine rings is 1. The maximum atomic E-state index is 13.0. The molecule has 0 saturated carbocycles. The van der Waals surface area contributed by atoms with Crippen LogP contribution in [0.2, 0.25) is 0 Å². The van der Waals surface area contributed by atoms with E-state index in [-0.39, 0.29) is 11.9 Å². The second kappa shape index (κ2) is 7.41. The number of imidazole rings is 1. The molecule has 7 heteroatoms. The molecule has 7 nitrogen and oxygen atoms in total. The molecule has 4 rings (SSSR count). The molecule has 2 aliphatic heterocycles. The van der Waals surface area contributed by atoms with Crippen molar-refractivity contribution >= 4 is 5.91 Å². The number of nitrogens with zero attached hydrogens (tertiary/aromatic N) is 4. The van der Waals surface area contributed by atoms with Crippen molar-refractivity contribution in [2.24, 2.45) is 0 Å². The van der Waals surface area contributed by atoms with E-state index in [0.717, 1.165) is 57.8 Å². The quantitative estimate of drug-likeness (QED) is 0.846. The SMILES string of the molecule is O=C(c1occc1CN1CCOCC1)N1CCC[C@H](n2ccnc2)C1. The lowest BCUT2D eigenvalue weighted by molar-refractivity contribution is 0.0337. The van der Waals surface area contributed by atoms with Crippen molar-refractivity contribution < 1.29 is 13.9 Å². The van der Waals surface area contributed by atoms with Gasteiger partial charge in [0.2, 0.25) is 0 Å². The van der Waals surface area contributed by atoms with Gasteiger partial charge >= 0.3 is 0 Å². The van der Waals surface area contributed by atoms with Crippen molar-refractivity contribution in [1.82, 2.24) is 19.4 Å². The first-order valence-corrected chi connectivity index (χ1v) is 8.94. The van der Waals surface area contributed by atoms with Crippen LogP contribution in [0.1, 0.15) is 35.0 Å². The molecule has 1 atom stereocenters. The van der Waals surface area contributed by atoms with Gasteiger partial charge in [0.05, 0.1) is 31.8 Å². The fraction of sp³-hybridized carbons (Fsp3) is 0.556. The van der Waals surface area contributed by atoms with E-state index in [0.29, 0.717) is 12.3 Å². The zero-order valence-corrected chi connectivity index (χ0v) is 14.3. The first-order valence-electron chi connectivity index (χ1n) is 8.94. The summed E-state index contributed by atoms with van der Waals surface area (Å²) in [6, 6.07) is 2.21. The highest BCUT2D eigenvalue weighted by molar-refractivity contribution is 5.93. The number of furan rings is 1. The molecule has 0 unspecified atom stereocenters. The van der Waals surface area contributed by atoms with Crippen molar-refractivity contribution in [3.05, 3.63) is 42.4 Å². The number of amides is 1. The van der Waals surface area contributed by atoms with Crippen LogP contribution in [-0.2, 0) is 11.3 Å². The lowest BCUT2D eigenvalue weighted by Crippen LogP contribution is -2.41. The lowest BCUT2D eigenvalue weighted by Gasteiger charge is -2.33. The highest BCUT2D eigenvalue weighted by Gasteiger charge is 2.28. The van der Waals surface area contributed by atoms with Crippen molar-refractivity contribution in [3.8, 4) is 0 Å². The molecule has 2 aromatic heterocycles. The van der Waals surface area contributed by atoms with Crippen LogP contribution in [0.15, 0.2) is 35.5 Å². The molecular weight excluding hydrogens is 320 g/mol. The van der Waals surface area contributed by atoms with Crippen LogP contribution in [0.3, 0.4) is 0 Å². The number of carbonyl (C=O) groups is 1. The summed E-state index contributed by atoms with van der Waals surface area (Å²) in [5, 5.41) is 0. The standard InChI is InChI=1S/C18H24N4O3/c23-18(21-5-1-2-16(13-21)22-6-4-19-14-22)17-15(3-9-25-17)12-20-7-10-24-11-8-20/h3-4,6,9,14,16H,1-2,5,7-8,10-13H2/t16-/m0/s1. The summed E-state index contributed by atoms with van der Waals surface area (Å²) in [4.78, 5) is 21.3. The monoisotopic (exact) mass is 344 g/mol. The number of carbonyl (C=O) groups excluding carboxylic acids is 1. The summed E-state index contributed by atoms with van der Waals surface area (Å²) < 4.78 is 13.1. The van der Waals surface area contributed by atoms with E-state index in [1.165, 1.54) is 0 Å². The van der Waals surface area contributed by atoms with Gasteiger partial charge in [-0.15, -0.1) is 0 Å². The Kier molecular flexibility index (Phi) is 4.85. The minimum absolute atomic E-state index is 0.00178. The molecular formula is C18H24N4O3. The largest absolute Gasteiger partial charge is 0.459 e. The van der Waals surface area contributed by atoms with Gasteiger partial charge in [-0.25, -0.2) is 4.98 Å². The second-order valence-corrected chi connectivity index (χ2v) is 6.72. The Morgan fingerprint density at radius 1 is 1.28 bits per heavy atom. The first kappa shape index (κ1) is 16.4. The number of likely N-dealkylation sites (tertiary alicyclic amines) is 1. The van der Waals surface area contributed by atoms with Gasteiger partial charge in [-0.05, 0) is 18.9 Å². The first-order chi connectivity index (χ1) is 12.3. The third kappa shape index (κ3) is 3.62. The van der Waals surface area contributed by atoms with Crippen LogP contribution in [0.4, 0.5) is 0 Å². The summed E-state index contributed by atoms with van der Waals surface area (Å²) in [6.45, 7) is 5.50. The van der Waals surface area contributed by atoms with Gasteiger partial charge in [0.15, 0.2) is 5.76 Å². The number of ether oxygens (including phenoxy) is 1. The Balaban J connectivity index is 1.44. The van der Waals surface area contributed by atoms with E-state index in [9.17, 15) is 4.79 Å². The fourth-order valence-electron chi connectivity index (χ4n) is 3.66. The molecule has 2 aliphatic rings. The van der Waals surface area contributed by atoms with Crippen LogP contribution in [0, 0.1) is 0 Å². The molecule has 2 fully saturated rings. The third-order valence-corrected chi connectivity index (χ3v) is 5.07. The topological polar surface area (TPSA) is 63.7 Å². The van der Waals surface area contributed by atoms with Crippen LogP contribution in [-0.4, -0.2) is 64.7 Å². The van der Waals surface area contributed by atoms with Gasteiger partial charge in [0.1, 0.15) is 0 Å². The zero-order valence-electron chi connectivity index (χ0n) is 14.3.